The number of halogens is 1. The highest BCUT2D eigenvalue weighted by Crippen LogP contribution is 2.20. The van der Waals surface area contributed by atoms with Crippen molar-refractivity contribution in [2.24, 2.45) is 0 Å². The summed E-state index contributed by atoms with van der Waals surface area (Å²) < 4.78 is 0. The molecule has 0 aliphatic carbocycles. The first-order chi connectivity index (χ1) is 10.2. The van der Waals surface area contributed by atoms with Gasteiger partial charge in [-0.3, -0.25) is 9.59 Å². The van der Waals surface area contributed by atoms with Gasteiger partial charge in [0.2, 0.25) is 0 Å². The maximum absolute atomic E-state index is 12.5. The first-order valence-electron chi connectivity index (χ1n) is 6.34. The minimum atomic E-state index is -0.244. The Morgan fingerprint density at radius 3 is 2.48 bits per heavy atom. The zero-order valence-electron chi connectivity index (χ0n) is 10.9. The second kappa shape index (κ2) is 5.46. The zero-order valence-corrected chi connectivity index (χ0v) is 11.7. The Kier molecular flexibility index (Phi) is 3.50. The van der Waals surface area contributed by atoms with Gasteiger partial charge in [-0.1, -0.05) is 29.8 Å². The lowest BCUT2D eigenvalue weighted by atomic mass is 10.0. The monoisotopic (exact) mass is 295 g/mol. The van der Waals surface area contributed by atoms with Crippen molar-refractivity contribution in [1.82, 2.24) is 4.98 Å². The molecule has 0 unspecified atom stereocenters. The third-order valence-corrected chi connectivity index (χ3v) is 3.47. The van der Waals surface area contributed by atoms with Gasteiger partial charge >= 0.3 is 0 Å². The number of carbonyl (C=O) groups excluding carboxylic acids is 2. The number of fused-ring (bicyclic) bond motifs is 1. The summed E-state index contributed by atoms with van der Waals surface area (Å²) in [6.07, 6.45) is 0.607. The summed E-state index contributed by atoms with van der Waals surface area (Å²) in [6, 6.07) is 15.6. The second-order valence-corrected chi connectivity index (χ2v) is 5.00. The third kappa shape index (κ3) is 2.56. The van der Waals surface area contributed by atoms with E-state index in [9.17, 15) is 9.59 Å². The number of rotatable bonds is 3. The first kappa shape index (κ1) is 13.5. The van der Waals surface area contributed by atoms with E-state index in [1.807, 2.05) is 18.2 Å². The predicted octanol–water partition coefficient (Wildman–Crippen LogP) is 3.93. The highest BCUT2D eigenvalue weighted by atomic mass is 35.5. The highest BCUT2D eigenvalue weighted by molar-refractivity contribution is 6.30. The topological polar surface area (TPSA) is 47.0 Å². The quantitative estimate of drug-likeness (QED) is 0.543. The molecule has 4 heteroatoms. The van der Waals surface area contributed by atoms with Crippen molar-refractivity contribution >= 4 is 34.6 Å². The van der Waals surface area contributed by atoms with Crippen LogP contribution in [0, 0.1) is 0 Å². The summed E-state index contributed by atoms with van der Waals surface area (Å²) in [5, 5.41) is 1.37. The van der Waals surface area contributed by atoms with E-state index in [4.69, 9.17) is 11.6 Å². The van der Waals surface area contributed by atoms with Crippen molar-refractivity contribution in [1.29, 1.82) is 0 Å². The lowest BCUT2D eigenvalue weighted by Crippen LogP contribution is -2.07. The number of aldehydes is 1. The smallest absolute Gasteiger partial charge is 0.195 e. The highest BCUT2D eigenvalue weighted by Gasteiger charge is 2.15. The molecule has 0 fully saturated rings. The van der Waals surface area contributed by atoms with Crippen LogP contribution in [0.5, 0.6) is 0 Å². The maximum Gasteiger partial charge on any atom is 0.195 e. The molecule has 0 aliphatic rings. The van der Waals surface area contributed by atoms with Crippen molar-refractivity contribution in [3.8, 4) is 0 Å². The fraction of sp³-hybridized carbons (Fsp3) is 0. The predicted molar refractivity (Wildman–Crippen MR) is 82.0 cm³/mol. The fourth-order valence-corrected chi connectivity index (χ4v) is 2.29. The number of hydrogen-bond donors (Lipinski definition) is 0. The van der Waals surface area contributed by atoms with Crippen LogP contribution in [0.1, 0.15) is 26.4 Å². The number of ketones is 1. The maximum atomic E-state index is 12.5. The molecule has 1 aromatic heterocycles. The van der Waals surface area contributed by atoms with Crippen molar-refractivity contribution in [3.63, 3.8) is 0 Å². The molecule has 3 aromatic rings. The minimum absolute atomic E-state index is 0.147. The van der Waals surface area contributed by atoms with Gasteiger partial charge in [0.25, 0.3) is 0 Å². The van der Waals surface area contributed by atoms with Crippen LogP contribution in [-0.2, 0) is 0 Å². The van der Waals surface area contributed by atoms with Gasteiger partial charge in [0.05, 0.1) is 11.1 Å². The Morgan fingerprint density at radius 1 is 1.05 bits per heavy atom. The SMILES string of the molecule is O=Cc1nc2ccccc2cc1C(=O)c1ccc(Cl)cc1. The van der Waals surface area contributed by atoms with Crippen molar-refractivity contribution < 1.29 is 9.59 Å². The minimum Gasteiger partial charge on any atom is -0.296 e. The van der Waals surface area contributed by atoms with E-state index in [1.165, 1.54) is 0 Å². The molecule has 2 aromatic carbocycles. The summed E-state index contributed by atoms with van der Waals surface area (Å²) in [5.41, 5.74) is 1.60. The largest absolute Gasteiger partial charge is 0.296 e. The normalized spacial score (nSPS) is 10.5. The second-order valence-electron chi connectivity index (χ2n) is 4.57. The van der Waals surface area contributed by atoms with E-state index in [2.05, 4.69) is 4.98 Å². The summed E-state index contributed by atoms with van der Waals surface area (Å²) in [6.45, 7) is 0. The van der Waals surface area contributed by atoms with Crippen LogP contribution < -0.4 is 0 Å². The molecule has 0 bridgehead atoms. The van der Waals surface area contributed by atoms with Crippen LogP contribution >= 0.6 is 11.6 Å². The Hall–Kier alpha value is -2.52. The number of para-hydroxylation sites is 1. The lowest BCUT2D eigenvalue weighted by molar-refractivity contribution is 0.102. The van der Waals surface area contributed by atoms with Gasteiger partial charge in [-0.15, -0.1) is 0 Å². The molecule has 0 atom stereocenters. The number of hydrogen-bond acceptors (Lipinski definition) is 3. The third-order valence-electron chi connectivity index (χ3n) is 3.22. The molecule has 102 valence electrons. The molecule has 0 aliphatic heterocycles. The molecule has 0 amide bonds. The molecule has 0 saturated heterocycles. The van der Waals surface area contributed by atoms with Crippen LogP contribution in [-0.4, -0.2) is 17.1 Å². The molecule has 1 heterocycles. The Bertz CT molecular complexity index is 841. The molecule has 3 rings (SSSR count). The van der Waals surface area contributed by atoms with E-state index in [0.29, 0.717) is 28.0 Å². The van der Waals surface area contributed by atoms with Crippen LogP contribution in [0.2, 0.25) is 5.02 Å². The van der Waals surface area contributed by atoms with E-state index in [-0.39, 0.29) is 11.5 Å². The molecule has 0 N–H and O–H groups in total. The van der Waals surface area contributed by atoms with Crippen molar-refractivity contribution in [2.45, 2.75) is 0 Å². The summed E-state index contributed by atoms with van der Waals surface area (Å²) in [5.74, 6) is -0.244. The van der Waals surface area contributed by atoms with E-state index >= 15 is 0 Å². The van der Waals surface area contributed by atoms with Crippen molar-refractivity contribution in [2.75, 3.05) is 0 Å². The zero-order chi connectivity index (χ0) is 14.8. The van der Waals surface area contributed by atoms with Gasteiger partial charge < -0.3 is 0 Å². The number of aromatic nitrogens is 1. The van der Waals surface area contributed by atoms with E-state index in [0.717, 1.165) is 5.39 Å². The van der Waals surface area contributed by atoms with Gasteiger partial charge in [-0.05, 0) is 36.4 Å². The summed E-state index contributed by atoms with van der Waals surface area (Å²) in [4.78, 5) is 28.0. The van der Waals surface area contributed by atoms with Crippen LogP contribution in [0.4, 0.5) is 0 Å². The number of carbonyl (C=O) groups is 2. The fourth-order valence-electron chi connectivity index (χ4n) is 2.16. The molecule has 0 saturated carbocycles. The summed E-state index contributed by atoms with van der Waals surface area (Å²) in [7, 11) is 0. The molecular formula is C17H10ClNO2. The van der Waals surface area contributed by atoms with Gasteiger partial charge in [0.1, 0.15) is 5.69 Å². The molecule has 0 radical (unpaired) electrons. The van der Waals surface area contributed by atoms with Gasteiger partial charge in [-0.25, -0.2) is 4.98 Å². The Balaban J connectivity index is 2.16. The van der Waals surface area contributed by atoms with E-state index in [1.54, 1.807) is 36.4 Å². The Morgan fingerprint density at radius 2 is 1.76 bits per heavy atom. The van der Waals surface area contributed by atoms with Gasteiger partial charge in [0, 0.05) is 16.0 Å². The van der Waals surface area contributed by atoms with Crippen LogP contribution in [0.3, 0.4) is 0 Å². The standard InChI is InChI=1S/C17H10ClNO2/c18-13-7-5-11(6-8-13)17(21)14-9-12-3-1-2-4-15(12)19-16(14)10-20/h1-10H. The number of benzene rings is 2. The average Bonchev–Trinajstić information content (AvgIpc) is 2.53. The number of pyridine rings is 1. The van der Waals surface area contributed by atoms with Crippen LogP contribution in [0.25, 0.3) is 10.9 Å². The van der Waals surface area contributed by atoms with Crippen LogP contribution in [0.15, 0.2) is 54.6 Å². The van der Waals surface area contributed by atoms with Gasteiger partial charge in [0.15, 0.2) is 12.1 Å². The molecule has 21 heavy (non-hydrogen) atoms. The van der Waals surface area contributed by atoms with Gasteiger partial charge in [-0.2, -0.15) is 0 Å². The molecule has 3 nitrogen and oxygen atoms in total. The summed E-state index contributed by atoms with van der Waals surface area (Å²) >= 11 is 5.82. The molecule has 0 spiro atoms. The first-order valence-corrected chi connectivity index (χ1v) is 6.72. The molecular weight excluding hydrogens is 286 g/mol. The average molecular weight is 296 g/mol. The number of nitrogens with zero attached hydrogens (tertiary/aromatic N) is 1. The van der Waals surface area contributed by atoms with Crippen molar-refractivity contribution in [3.05, 3.63) is 76.4 Å². The van der Waals surface area contributed by atoms with E-state index < -0.39 is 0 Å². The lowest BCUT2D eigenvalue weighted by Gasteiger charge is -2.06. The Labute approximate surface area is 126 Å².